The number of carboxylic acids is 1. The molecule has 0 aromatic heterocycles. The van der Waals surface area contributed by atoms with Crippen LogP contribution in [0.4, 0.5) is 0 Å². The molecule has 3 nitrogen and oxygen atoms in total. The fraction of sp³-hybridized carbons (Fsp3) is 0.889. The van der Waals surface area contributed by atoms with Gasteiger partial charge >= 0.3 is 0 Å². The molecule has 3 heteroatoms. The van der Waals surface area contributed by atoms with Crippen LogP contribution in [0.15, 0.2) is 0 Å². The molecular formula is C9H19NO2. The number of carbonyl (C=O) groups excluding carboxylic acids is 1. The van der Waals surface area contributed by atoms with E-state index < -0.39 is 5.97 Å². The van der Waals surface area contributed by atoms with Crippen molar-refractivity contribution in [2.45, 2.75) is 25.7 Å². The number of carboxylic acid groups (broad SMARTS) is 1. The van der Waals surface area contributed by atoms with Gasteiger partial charge in [-0.05, 0) is 25.7 Å². The minimum absolute atomic E-state index is 0.205. The third-order valence-electron chi connectivity index (χ3n) is 1.71. The van der Waals surface area contributed by atoms with Gasteiger partial charge in [-0.1, -0.05) is 0 Å². The SMILES string of the molecule is C[N+](C)(C)CCCCCC(=O)[O-]. The van der Waals surface area contributed by atoms with Crippen molar-refractivity contribution >= 4 is 5.97 Å². The maximum atomic E-state index is 10.0. The van der Waals surface area contributed by atoms with Gasteiger partial charge in [-0.25, -0.2) is 0 Å². The Morgan fingerprint density at radius 1 is 1.17 bits per heavy atom. The summed E-state index contributed by atoms with van der Waals surface area (Å²) in [4.78, 5) is 10.0. The van der Waals surface area contributed by atoms with Crippen LogP contribution in [0.2, 0.25) is 0 Å². The average Bonchev–Trinajstić information content (AvgIpc) is 1.83. The molecule has 0 amide bonds. The summed E-state index contributed by atoms with van der Waals surface area (Å²) < 4.78 is 0.950. The van der Waals surface area contributed by atoms with Crippen LogP contribution in [0.3, 0.4) is 0 Å². The first-order valence-electron chi connectivity index (χ1n) is 4.42. The number of carbonyl (C=O) groups is 1. The van der Waals surface area contributed by atoms with E-state index >= 15 is 0 Å². The fourth-order valence-electron chi connectivity index (χ4n) is 1.03. The van der Waals surface area contributed by atoms with Crippen molar-refractivity contribution in [3.05, 3.63) is 0 Å². The van der Waals surface area contributed by atoms with Crippen LogP contribution >= 0.6 is 0 Å². The predicted octanol–water partition coefficient (Wildman–Crippen LogP) is 0.00290. The highest BCUT2D eigenvalue weighted by Gasteiger charge is 2.04. The minimum atomic E-state index is -0.930. The zero-order valence-corrected chi connectivity index (χ0v) is 8.30. The molecule has 0 heterocycles. The smallest absolute Gasteiger partial charge is 0.0780 e. The van der Waals surface area contributed by atoms with E-state index in [1.165, 1.54) is 0 Å². The molecule has 0 unspecified atom stereocenters. The third-order valence-corrected chi connectivity index (χ3v) is 1.71. The van der Waals surface area contributed by atoms with Crippen LogP contribution in [0.1, 0.15) is 25.7 Å². The topological polar surface area (TPSA) is 40.1 Å². The molecule has 12 heavy (non-hydrogen) atoms. The Balaban J connectivity index is 3.17. The first-order chi connectivity index (χ1) is 5.42. The largest absolute Gasteiger partial charge is 0.550 e. The van der Waals surface area contributed by atoms with E-state index in [0.717, 1.165) is 30.3 Å². The average molecular weight is 173 g/mol. The Morgan fingerprint density at radius 2 is 1.75 bits per heavy atom. The second-order valence-corrected chi connectivity index (χ2v) is 4.20. The fourth-order valence-corrected chi connectivity index (χ4v) is 1.03. The van der Waals surface area contributed by atoms with E-state index in [1.807, 2.05) is 0 Å². The lowest BCUT2D eigenvalue weighted by Crippen LogP contribution is -2.35. The molecule has 72 valence electrons. The van der Waals surface area contributed by atoms with Crippen molar-refractivity contribution < 1.29 is 14.4 Å². The second-order valence-electron chi connectivity index (χ2n) is 4.20. The lowest BCUT2D eigenvalue weighted by Gasteiger charge is -2.23. The van der Waals surface area contributed by atoms with E-state index in [0.29, 0.717) is 0 Å². The molecule has 0 saturated heterocycles. The molecule has 0 aromatic carbocycles. The Hall–Kier alpha value is -0.570. The third kappa shape index (κ3) is 9.43. The molecule has 0 aliphatic carbocycles. The van der Waals surface area contributed by atoms with Crippen molar-refractivity contribution in [3.63, 3.8) is 0 Å². The maximum Gasteiger partial charge on any atom is 0.0780 e. The molecule has 0 aliphatic heterocycles. The molecule has 0 fully saturated rings. The summed E-state index contributed by atoms with van der Waals surface area (Å²) in [6.45, 7) is 1.10. The van der Waals surface area contributed by atoms with E-state index in [2.05, 4.69) is 21.1 Å². The number of hydrogen-bond acceptors (Lipinski definition) is 2. The van der Waals surface area contributed by atoms with Crippen LogP contribution < -0.4 is 5.11 Å². The molecule has 0 N–H and O–H groups in total. The Morgan fingerprint density at radius 3 is 2.17 bits per heavy atom. The molecule has 0 rings (SSSR count). The lowest BCUT2D eigenvalue weighted by molar-refractivity contribution is -0.870. The van der Waals surface area contributed by atoms with E-state index in [1.54, 1.807) is 0 Å². The van der Waals surface area contributed by atoms with Gasteiger partial charge < -0.3 is 14.4 Å². The highest BCUT2D eigenvalue weighted by Crippen LogP contribution is 2.02. The lowest BCUT2D eigenvalue weighted by atomic mass is 10.2. The number of nitrogens with zero attached hydrogens (tertiary/aromatic N) is 1. The first kappa shape index (κ1) is 11.4. The van der Waals surface area contributed by atoms with Crippen molar-refractivity contribution in [1.29, 1.82) is 0 Å². The molecule has 0 bridgehead atoms. The number of rotatable bonds is 6. The van der Waals surface area contributed by atoms with Crippen LogP contribution in [-0.4, -0.2) is 38.1 Å². The van der Waals surface area contributed by atoms with Crippen LogP contribution in [0.5, 0.6) is 0 Å². The van der Waals surface area contributed by atoms with Crippen molar-refractivity contribution in [1.82, 2.24) is 0 Å². The molecule has 0 spiro atoms. The molecule has 0 aliphatic rings. The van der Waals surface area contributed by atoms with E-state index in [9.17, 15) is 9.90 Å². The zero-order valence-electron chi connectivity index (χ0n) is 8.30. The van der Waals surface area contributed by atoms with Crippen molar-refractivity contribution in [2.75, 3.05) is 27.7 Å². The van der Waals surface area contributed by atoms with Crippen LogP contribution in [0, 0.1) is 0 Å². The standard InChI is InChI=1S/C9H19NO2/c1-10(2,3)8-6-4-5-7-9(11)12/h4-8H2,1-3H3. The van der Waals surface area contributed by atoms with Gasteiger partial charge in [0, 0.05) is 5.97 Å². The first-order valence-corrected chi connectivity index (χ1v) is 4.42. The Bertz CT molecular complexity index is 138. The molecule has 0 aromatic rings. The van der Waals surface area contributed by atoms with Gasteiger partial charge in [0.25, 0.3) is 0 Å². The number of hydrogen-bond donors (Lipinski definition) is 0. The van der Waals surface area contributed by atoms with Crippen LogP contribution in [-0.2, 0) is 4.79 Å². The number of unbranched alkanes of at least 4 members (excludes halogenated alkanes) is 2. The maximum absolute atomic E-state index is 10.0. The van der Waals surface area contributed by atoms with Gasteiger partial charge in [0.15, 0.2) is 0 Å². The van der Waals surface area contributed by atoms with E-state index in [-0.39, 0.29) is 6.42 Å². The zero-order chi connectivity index (χ0) is 9.61. The van der Waals surface area contributed by atoms with Gasteiger partial charge in [-0.3, -0.25) is 0 Å². The second kappa shape index (κ2) is 5.14. The van der Waals surface area contributed by atoms with Gasteiger partial charge in [-0.2, -0.15) is 0 Å². The monoisotopic (exact) mass is 173 g/mol. The summed E-state index contributed by atoms with van der Waals surface area (Å²) in [6.07, 6.45) is 3.04. The summed E-state index contributed by atoms with van der Waals surface area (Å²) in [5, 5.41) is 10.0. The normalized spacial score (nSPS) is 11.6. The highest BCUT2D eigenvalue weighted by atomic mass is 16.4. The summed E-state index contributed by atoms with van der Waals surface area (Å²) in [5.41, 5.74) is 0. The quantitative estimate of drug-likeness (QED) is 0.419. The molecule has 0 radical (unpaired) electrons. The molecule has 0 saturated carbocycles. The predicted molar refractivity (Wildman–Crippen MR) is 46.4 cm³/mol. The van der Waals surface area contributed by atoms with Gasteiger partial charge in [0.2, 0.25) is 0 Å². The van der Waals surface area contributed by atoms with Crippen molar-refractivity contribution in [3.8, 4) is 0 Å². The van der Waals surface area contributed by atoms with Crippen molar-refractivity contribution in [2.24, 2.45) is 0 Å². The van der Waals surface area contributed by atoms with Crippen LogP contribution in [0.25, 0.3) is 0 Å². The Labute approximate surface area is 74.6 Å². The molecular weight excluding hydrogens is 154 g/mol. The highest BCUT2D eigenvalue weighted by molar-refractivity contribution is 5.63. The van der Waals surface area contributed by atoms with Gasteiger partial charge in [0.1, 0.15) is 0 Å². The summed E-state index contributed by atoms with van der Waals surface area (Å²) in [7, 11) is 6.41. The molecule has 0 atom stereocenters. The van der Waals surface area contributed by atoms with Gasteiger partial charge in [-0.15, -0.1) is 0 Å². The summed E-state index contributed by atoms with van der Waals surface area (Å²) in [5.74, 6) is -0.930. The number of aliphatic carboxylic acids is 1. The summed E-state index contributed by atoms with van der Waals surface area (Å²) in [6, 6.07) is 0. The van der Waals surface area contributed by atoms with E-state index in [4.69, 9.17) is 0 Å². The number of quaternary nitrogens is 1. The van der Waals surface area contributed by atoms with Gasteiger partial charge in [0.05, 0.1) is 27.7 Å². The Kier molecular flexibility index (Phi) is 4.90. The minimum Gasteiger partial charge on any atom is -0.550 e. The summed E-state index contributed by atoms with van der Waals surface area (Å²) >= 11 is 0.